The lowest BCUT2D eigenvalue weighted by molar-refractivity contribution is 0.0952. The van der Waals surface area contributed by atoms with E-state index in [1.807, 2.05) is 30.3 Å². The fourth-order valence-corrected chi connectivity index (χ4v) is 4.32. The molecule has 1 unspecified atom stereocenters. The fraction of sp³-hybridized carbons (Fsp3) is 0.240. The smallest absolute Gasteiger partial charge is 0.163 e. The highest BCUT2D eigenvalue weighted by Gasteiger charge is 2.39. The summed E-state index contributed by atoms with van der Waals surface area (Å²) in [5.74, 6) is 0.513. The average molecular weight is 340 g/mol. The molecular weight excluding hydrogens is 316 g/mol. The van der Waals surface area contributed by atoms with Crippen LogP contribution in [0, 0.1) is 5.41 Å². The molecule has 1 nitrogen and oxygen atoms in total. The number of carbonyl (C=O) groups excluding carboxylic acids is 1. The minimum atomic E-state index is 0.120. The van der Waals surface area contributed by atoms with E-state index in [0.29, 0.717) is 6.42 Å². The highest BCUT2D eigenvalue weighted by molar-refractivity contribution is 6.00. The molecule has 0 bridgehead atoms. The van der Waals surface area contributed by atoms with Crippen molar-refractivity contribution in [2.45, 2.75) is 32.6 Å². The molecule has 1 aliphatic rings. The fourth-order valence-electron chi connectivity index (χ4n) is 4.32. The minimum Gasteiger partial charge on any atom is -0.294 e. The van der Waals surface area contributed by atoms with Gasteiger partial charge in [0.2, 0.25) is 0 Å². The van der Waals surface area contributed by atoms with Crippen molar-refractivity contribution in [3.05, 3.63) is 89.5 Å². The molecule has 1 heteroatoms. The minimum absolute atomic E-state index is 0.120. The zero-order valence-corrected chi connectivity index (χ0v) is 15.5. The van der Waals surface area contributed by atoms with Crippen molar-refractivity contribution in [2.75, 3.05) is 0 Å². The Bertz CT molecular complexity index is 1010. The van der Waals surface area contributed by atoms with Gasteiger partial charge in [-0.3, -0.25) is 4.79 Å². The predicted molar refractivity (Wildman–Crippen MR) is 110 cm³/mol. The van der Waals surface area contributed by atoms with Gasteiger partial charge in [0.05, 0.1) is 0 Å². The summed E-state index contributed by atoms with van der Waals surface area (Å²) in [6, 6.07) is 20.8. The van der Waals surface area contributed by atoms with E-state index in [9.17, 15) is 4.79 Å². The van der Waals surface area contributed by atoms with Crippen molar-refractivity contribution in [2.24, 2.45) is 5.41 Å². The monoisotopic (exact) mass is 340 g/mol. The molecule has 130 valence electrons. The van der Waals surface area contributed by atoms with Crippen LogP contribution in [0.5, 0.6) is 0 Å². The molecule has 4 rings (SSSR count). The normalized spacial score (nSPS) is 17.8. The first-order chi connectivity index (χ1) is 12.5. The topological polar surface area (TPSA) is 17.1 Å². The number of carbonyl (C=O) groups is 1. The molecule has 0 spiro atoms. The van der Waals surface area contributed by atoms with Gasteiger partial charge in [0, 0.05) is 12.0 Å². The third-order valence-electron chi connectivity index (χ3n) is 5.83. The molecule has 0 saturated heterocycles. The highest BCUT2D eigenvalue weighted by atomic mass is 16.1. The number of hydrogen-bond donors (Lipinski definition) is 0. The lowest BCUT2D eigenvalue weighted by Crippen LogP contribution is -2.20. The molecule has 0 saturated carbocycles. The summed E-state index contributed by atoms with van der Waals surface area (Å²) in [4.78, 5) is 13.0. The van der Waals surface area contributed by atoms with Crippen LogP contribution in [0.1, 0.15) is 53.2 Å². The number of fused-ring (bicyclic) bond motifs is 2. The second-order valence-corrected chi connectivity index (χ2v) is 8.07. The summed E-state index contributed by atoms with van der Waals surface area (Å²) in [6.45, 7) is 8.38. The number of ketones is 1. The van der Waals surface area contributed by atoms with E-state index in [0.717, 1.165) is 28.3 Å². The van der Waals surface area contributed by atoms with Gasteiger partial charge >= 0.3 is 0 Å². The van der Waals surface area contributed by atoms with E-state index in [2.05, 4.69) is 56.8 Å². The van der Waals surface area contributed by atoms with E-state index in [1.54, 1.807) is 0 Å². The predicted octanol–water partition coefficient (Wildman–Crippen LogP) is 6.42. The third kappa shape index (κ3) is 2.88. The Labute approximate surface area is 155 Å². The molecule has 0 fully saturated rings. The van der Waals surface area contributed by atoms with E-state index in [4.69, 9.17) is 0 Å². The Morgan fingerprint density at radius 1 is 1.08 bits per heavy atom. The maximum atomic E-state index is 13.0. The van der Waals surface area contributed by atoms with Gasteiger partial charge in [0.1, 0.15) is 0 Å². The van der Waals surface area contributed by atoms with Crippen molar-refractivity contribution in [1.29, 1.82) is 0 Å². The average Bonchev–Trinajstić information content (AvgIpc) is 2.90. The largest absolute Gasteiger partial charge is 0.294 e. The zero-order valence-electron chi connectivity index (χ0n) is 15.5. The van der Waals surface area contributed by atoms with Crippen LogP contribution in [0.25, 0.3) is 16.8 Å². The van der Waals surface area contributed by atoms with Crippen LogP contribution in [0.4, 0.5) is 0 Å². The molecule has 0 radical (unpaired) electrons. The van der Waals surface area contributed by atoms with Gasteiger partial charge in [-0.15, -0.1) is 0 Å². The molecular formula is C25H24O. The van der Waals surface area contributed by atoms with Crippen LogP contribution < -0.4 is 0 Å². The van der Waals surface area contributed by atoms with E-state index in [-0.39, 0.29) is 17.1 Å². The van der Waals surface area contributed by atoms with Gasteiger partial charge in [-0.25, -0.2) is 0 Å². The maximum Gasteiger partial charge on any atom is 0.163 e. The van der Waals surface area contributed by atoms with Crippen LogP contribution in [0.15, 0.2) is 67.2 Å². The molecule has 0 amide bonds. The second kappa shape index (κ2) is 6.25. The van der Waals surface area contributed by atoms with Gasteiger partial charge in [0.25, 0.3) is 0 Å². The molecule has 0 aromatic heterocycles. The Kier molecular flexibility index (Phi) is 4.03. The van der Waals surface area contributed by atoms with Crippen molar-refractivity contribution in [3.8, 4) is 0 Å². The molecule has 0 aliphatic heterocycles. The number of hydrogen-bond acceptors (Lipinski definition) is 1. The van der Waals surface area contributed by atoms with Gasteiger partial charge in [-0.1, -0.05) is 75.0 Å². The molecule has 0 N–H and O–H groups in total. The van der Waals surface area contributed by atoms with Crippen molar-refractivity contribution < 1.29 is 4.79 Å². The van der Waals surface area contributed by atoms with Crippen LogP contribution in [0.2, 0.25) is 0 Å². The first-order valence-corrected chi connectivity index (χ1v) is 9.25. The van der Waals surface area contributed by atoms with Crippen LogP contribution in [0.3, 0.4) is 0 Å². The Hall–Kier alpha value is -2.67. The Morgan fingerprint density at radius 2 is 1.81 bits per heavy atom. The number of benzene rings is 3. The Morgan fingerprint density at radius 3 is 2.62 bits per heavy atom. The van der Waals surface area contributed by atoms with Gasteiger partial charge < -0.3 is 0 Å². The van der Waals surface area contributed by atoms with Crippen molar-refractivity contribution >= 4 is 22.6 Å². The zero-order chi connectivity index (χ0) is 18.3. The summed E-state index contributed by atoms with van der Waals surface area (Å²) in [5, 5.41) is 2.25. The van der Waals surface area contributed by atoms with Crippen molar-refractivity contribution in [3.63, 3.8) is 0 Å². The van der Waals surface area contributed by atoms with Crippen LogP contribution in [-0.2, 0) is 6.42 Å². The number of Topliss-reactive ketones (excluding diaryl/α,β-unsaturated/α-hetero) is 1. The summed E-state index contributed by atoms with van der Waals surface area (Å²) in [7, 11) is 0. The second-order valence-electron chi connectivity index (χ2n) is 8.07. The standard InChI is InChI=1S/C25H24O/c1-4-17-9-10-19-14-20(12-11-18(19)13-17)24(26)15-23-22-8-6-5-7-21(22)16-25(23,2)3/h4-14,23H,1,15-16H2,2-3H3. The molecule has 3 aromatic carbocycles. The molecule has 1 aliphatic carbocycles. The third-order valence-corrected chi connectivity index (χ3v) is 5.83. The van der Waals surface area contributed by atoms with Gasteiger partial charge in [0.15, 0.2) is 5.78 Å². The lowest BCUT2D eigenvalue weighted by Gasteiger charge is -2.27. The first-order valence-electron chi connectivity index (χ1n) is 9.25. The molecule has 26 heavy (non-hydrogen) atoms. The SMILES string of the molecule is C=Cc1ccc2cc(C(=O)CC3c4ccccc4CC3(C)C)ccc2c1. The Balaban J connectivity index is 1.64. The van der Waals surface area contributed by atoms with Crippen LogP contribution in [-0.4, -0.2) is 5.78 Å². The number of rotatable bonds is 4. The molecule has 3 aromatic rings. The molecule has 1 atom stereocenters. The first kappa shape index (κ1) is 16.8. The van der Waals surface area contributed by atoms with Crippen LogP contribution >= 0.6 is 0 Å². The van der Waals surface area contributed by atoms with Gasteiger partial charge in [-0.05, 0) is 57.3 Å². The van der Waals surface area contributed by atoms with Gasteiger partial charge in [-0.2, -0.15) is 0 Å². The van der Waals surface area contributed by atoms with E-state index in [1.165, 1.54) is 11.1 Å². The summed E-state index contributed by atoms with van der Waals surface area (Å²) >= 11 is 0. The lowest BCUT2D eigenvalue weighted by atomic mass is 9.76. The molecule has 0 heterocycles. The van der Waals surface area contributed by atoms with E-state index < -0.39 is 0 Å². The maximum absolute atomic E-state index is 13.0. The summed E-state index contributed by atoms with van der Waals surface area (Å²) in [6.07, 6.45) is 3.46. The highest BCUT2D eigenvalue weighted by Crippen LogP contribution is 2.48. The van der Waals surface area contributed by atoms with E-state index >= 15 is 0 Å². The quantitative estimate of drug-likeness (QED) is 0.501. The van der Waals surface area contributed by atoms with Crippen molar-refractivity contribution in [1.82, 2.24) is 0 Å². The summed E-state index contributed by atoms with van der Waals surface area (Å²) < 4.78 is 0. The summed E-state index contributed by atoms with van der Waals surface area (Å²) in [5.41, 5.74) is 4.77.